The summed E-state index contributed by atoms with van der Waals surface area (Å²) in [6, 6.07) is 20.0. The van der Waals surface area contributed by atoms with Crippen LogP contribution in [0, 0.1) is 0 Å². The molecule has 1 saturated carbocycles. The molecular formula is C24H32ClN. The van der Waals surface area contributed by atoms with Gasteiger partial charge < -0.3 is 4.90 Å². The fraction of sp³-hybridized carbons (Fsp3) is 0.500. The van der Waals surface area contributed by atoms with Crippen LogP contribution in [-0.4, -0.2) is 30.4 Å². The average Bonchev–Trinajstić information content (AvgIpc) is 2.68. The minimum atomic E-state index is 0.327. The number of halogens is 1. The second-order valence-electron chi connectivity index (χ2n) is 7.79. The first-order valence-corrected chi connectivity index (χ1v) is 10.6. The van der Waals surface area contributed by atoms with E-state index < -0.39 is 0 Å². The molecule has 2 aromatic rings. The molecule has 0 heterocycles. The molecule has 1 aliphatic carbocycles. The molecule has 0 spiro atoms. The predicted molar refractivity (Wildman–Crippen MR) is 113 cm³/mol. The van der Waals surface area contributed by atoms with Gasteiger partial charge in [-0.3, -0.25) is 0 Å². The number of aryl methyl sites for hydroxylation is 1. The number of likely N-dealkylation sites (N-methyl/N-ethyl adjacent to an activating group) is 1. The van der Waals surface area contributed by atoms with Crippen LogP contribution in [0.15, 0.2) is 54.6 Å². The van der Waals surface area contributed by atoms with E-state index in [1.165, 1.54) is 48.8 Å². The van der Waals surface area contributed by atoms with E-state index in [9.17, 15) is 0 Å². The highest BCUT2D eigenvalue weighted by molar-refractivity contribution is 6.21. The number of hydrogen-bond donors (Lipinski definition) is 0. The van der Waals surface area contributed by atoms with Gasteiger partial charge in [-0.2, -0.15) is 0 Å². The van der Waals surface area contributed by atoms with Crippen LogP contribution in [-0.2, 0) is 12.8 Å². The highest BCUT2D eigenvalue weighted by Gasteiger charge is 2.24. The van der Waals surface area contributed by atoms with E-state index in [2.05, 4.69) is 66.5 Å². The normalized spacial score (nSPS) is 20.4. The van der Waals surface area contributed by atoms with Crippen molar-refractivity contribution in [2.45, 2.75) is 56.2 Å². The highest BCUT2D eigenvalue weighted by Crippen LogP contribution is 2.36. The summed E-state index contributed by atoms with van der Waals surface area (Å²) >= 11 is 6.54. The van der Waals surface area contributed by atoms with Gasteiger partial charge in [0.05, 0.1) is 0 Å². The number of nitrogens with zero attached hydrogens (tertiary/aromatic N) is 1. The van der Waals surface area contributed by atoms with Gasteiger partial charge >= 0.3 is 0 Å². The van der Waals surface area contributed by atoms with E-state index in [4.69, 9.17) is 11.6 Å². The molecule has 1 nitrogen and oxygen atoms in total. The van der Waals surface area contributed by atoms with E-state index in [1.54, 1.807) is 0 Å². The summed E-state index contributed by atoms with van der Waals surface area (Å²) in [5, 5.41) is 0.327. The molecule has 2 atom stereocenters. The Balaban J connectivity index is 1.39. The fourth-order valence-corrected chi connectivity index (χ4v) is 4.45. The van der Waals surface area contributed by atoms with Gasteiger partial charge in [0, 0.05) is 17.8 Å². The third-order valence-electron chi connectivity index (χ3n) is 5.72. The van der Waals surface area contributed by atoms with E-state index in [-0.39, 0.29) is 0 Å². The molecule has 0 radical (unpaired) electrons. The van der Waals surface area contributed by atoms with Gasteiger partial charge in [0.2, 0.25) is 0 Å². The summed E-state index contributed by atoms with van der Waals surface area (Å²) in [5.74, 6) is 0.559. The molecule has 2 aromatic carbocycles. The molecule has 1 aliphatic rings. The lowest BCUT2D eigenvalue weighted by Gasteiger charge is -2.27. The van der Waals surface area contributed by atoms with Crippen molar-refractivity contribution in [2.75, 3.05) is 20.1 Å². The monoisotopic (exact) mass is 369 g/mol. The van der Waals surface area contributed by atoms with Crippen molar-refractivity contribution in [3.63, 3.8) is 0 Å². The van der Waals surface area contributed by atoms with E-state index in [0.29, 0.717) is 11.3 Å². The van der Waals surface area contributed by atoms with Crippen molar-refractivity contribution in [1.29, 1.82) is 0 Å². The SMILES string of the molecule is CN(CCCc1ccc(C2CCCCC2Cl)cc1)CCc1ccccc1. The van der Waals surface area contributed by atoms with Gasteiger partial charge in [0.25, 0.3) is 0 Å². The molecule has 2 heteroatoms. The quantitative estimate of drug-likeness (QED) is 0.511. The fourth-order valence-electron chi connectivity index (χ4n) is 4.02. The highest BCUT2D eigenvalue weighted by atomic mass is 35.5. The van der Waals surface area contributed by atoms with Crippen LogP contribution in [0.4, 0.5) is 0 Å². The minimum Gasteiger partial charge on any atom is -0.306 e. The molecule has 0 N–H and O–H groups in total. The lowest BCUT2D eigenvalue weighted by Crippen LogP contribution is -2.22. The Morgan fingerprint density at radius 3 is 2.27 bits per heavy atom. The maximum Gasteiger partial charge on any atom is 0.0404 e. The van der Waals surface area contributed by atoms with Gasteiger partial charge in [-0.25, -0.2) is 0 Å². The zero-order chi connectivity index (χ0) is 18.2. The summed E-state index contributed by atoms with van der Waals surface area (Å²) in [4.78, 5) is 2.45. The lowest BCUT2D eigenvalue weighted by molar-refractivity contribution is 0.333. The van der Waals surface area contributed by atoms with Crippen LogP contribution < -0.4 is 0 Å². The molecule has 0 amide bonds. The van der Waals surface area contributed by atoms with E-state index >= 15 is 0 Å². The zero-order valence-electron chi connectivity index (χ0n) is 16.0. The molecule has 140 valence electrons. The second-order valence-corrected chi connectivity index (χ2v) is 8.35. The van der Waals surface area contributed by atoms with Crippen molar-refractivity contribution >= 4 is 11.6 Å². The molecule has 1 fully saturated rings. The topological polar surface area (TPSA) is 3.24 Å². The third-order valence-corrected chi connectivity index (χ3v) is 6.24. The molecule has 3 rings (SSSR count). The molecule has 0 saturated heterocycles. The smallest absolute Gasteiger partial charge is 0.0404 e. The first-order chi connectivity index (χ1) is 12.7. The van der Waals surface area contributed by atoms with Gasteiger partial charge in [0.1, 0.15) is 0 Å². The Labute approximate surface area is 164 Å². The van der Waals surface area contributed by atoms with Gasteiger partial charge in [-0.05, 0) is 62.4 Å². The van der Waals surface area contributed by atoms with E-state index in [0.717, 1.165) is 25.9 Å². The summed E-state index contributed by atoms with van der Waals surface area (Å²) in [7, 11) is 2.23. The van der Waals surface area contributed by atoms with Crippen molar-refractivity contribution in [3.8, 4) is 0 Å². The number of benzene rings is 2. The summed E-state index contributed by atoms with van der Waals surface area (Å²) in [5.41, 5.74) is 4.32. The van der Waals surface area contributed by atoms with Crippen molar-refractivity contribution < 1.29 is 0 Å². The summed E-state index contributed by atoms with van der Waals surface area (Å²) in [6.45, 7) is 2.28. The summed E-state index contributed by atoms with van der Waals surface area (Å²) in [6.07, 6.45) is 8.54. The maximum atomic E-state index is 6.54. The average molecular weight is 370 g/mol. The first-order valence-electron chi connectivity index (χ1n) is 10.2. The van der Waals surface area contributed by atoms with Crippen LogP contribution in [0.2, 0.25) is 0 Å². The first kappa shape index (κ1) is 19.5. The Bertz CT molecular complexity index is 637. The van der Waals surface area contributed by atoms with Gasteiger partial charge in [-0.1, -0.05) is 67.4 Å². The Hall–Kier alpha value is -1.31. The maximum absolute atomic E-state index is 6.54. The molecule has 0 bridgehead atoms. The molecule has 0 aromatic heterocycles. The largest absolute Gasteiger partial charge is 0.306 e. The van der Waals surface area contributed by atoms with E-state index in [1.807, 2.05) is 0 Å². The van der Waals surface area contributed by atoms with Crippen LogP contribution in [0.5, 0.6) is 0 Å². The summed E-state index contributed by atoms with van der Waals surface area (Å²) < 4.78 is 0. The van der Waals surface area contributed by atoms with Gasteiger partial charge in [-0.15, -0.1) is 11.6 Å². The van der Waals surface area contributed by atoms with Crippen LogP contribution >= 0.6 is 11.6 Å². The Kier molecular flexibility index (Phi) is 7.58. The molecule has 2 unspecified atom stereocenters. The molecule has 26 heavy (non-hydrogen) atoms. The predicted octanol–water partition coefficient (Wildman–Crippen LogP) is 6.06. The Morgan fingerprint density at radius 1 is 0.846 bits per heavy atom. The van der Waals surface area contributed by atoms with Gasteiger partial charge in [0.15, 0.2) is 0 Å². The standard InChI is InChI=1S/C24H32ClN/c1-26(19-17-20-8-3-2-4-9-20)18-7-10-21-13-15-22(16-14-21)23-11-5-6-12-24(23)25/h2-4,8-9,13-16,23-24H,5-7,10-12,17-19H2,1H3. The van der Waals surface area contributed by atoms with Crippen molar-refractivity contribution in [2.24, 2.45) is 0 Å². The second kappa shape index (κ2) is 10.1. The van der Waals surface area contributed by atoms with Crippen LogP contribution in [0.1, 0.15) is 54.7 Å². The van der Waals surface area contributed by atoms with Crippen LogP contribution in [0.25, 0.3) is 0 Å². The lowest BCUT2D eigenvalue weighted by atomic mass is 9.83. The number of alkyl halides is 1. The minimum absolute atomic E-state index is 0.327. The van der Waals surface area contributed by atoms with Crippen molar-refractivity contribution in [3.05, 3.63) is 71.3 Å². The van der Waals surface area contributed by atoms with Crippen LogP contribution in [0.3, 0.4) is 0 Å². The number of rotatable bonds is 8. The zero-order valence-corrected chi connectivity index (χ0v) is 16.8. The third kappa shape index (κ3) is 5.86. The molecule has 0 aliphatic heterocycles. The number of hydrogen-bond acceptors (Lipinski definition) is 1. The van der Waals surface area contributed by atoms with Crippen molar-refractivity contribution in [1.82, 2.24) is 4.90 Å². The Morgan fingerprint density at radius 2 is 1.54 bits per heavy atom. The molecular weight excluding hydrogens is 338 g/mol.